The van der Waals surface area contributed by atoms with Crippen LogP contribution in [0.5, 0.6) is 0 Å². The Labute approximate surface area is 87.9 Å². The quantitative estimate of drug-likeness (QED) is 0.808. The van der Waals surface area contributed by atoms with Gasteiger partial charge in [-0.05, 0) is 19.3 Å². The van der Waals surface area contributed by atoms with Crippen LogP contribution in [0.4, 0.5) is 0 Å². The molecule has 2 aromatic rings. The molecule has 0 saturated heterocycles. The normalized spacial score (nSPS) is 11.5. The van der Waals surface area contributed by atoms with Crippen LogP contribution in [0.15, 0.2) is 16.9 Å². The van der Waals surface area contributed by atoms with Gasteiger partial charge in [0, 0.05) is 23.5 Å². The molecule has 0 aliphatic carbocycles. The van der Waals surface area contributed by atoms with Gasteiger partial charge in [-0.3, -0.25) is 9.89 Å². The Morgan fingerprint density at radius 2 is 2.20 bits per heavy atom. The summed E-state index contributed by atoms with van der Waals surface area (Å²) in [7, 11) is 0. The zero-order valence-electron chi connectivity index (χ0n) is 9.24. The van der Waals surface area contributed by atoms with E-state index in [4.69, 9.17) is 0 Å². The van der Waals surface area contributed by atoms with Crippen molar-refractivity contribution in [3.63, 3.8) is 0 Å². The highest BCUT2D eigenvalue weighted by Gasteiger charge is 2.05. The maximum Gasteiger partial charge on any atom is 0.272 e. The number of hydrogen-bond donors (Lipinski definition) is 1. The Balaban J connectivity index is 2.57. The summed E-state index contributed by atoms with van der Waals surface area (Å²) < 4.78 is 1.47. The molecular formula is C11H15N3O. The molecule has 2 aromatic heterocycles. The van der Waals surface area contributed by atoms with Crippen molar-refractivity contribution in [3.8, 4) is 0 Å². The first-order valence-corrected chi connectivity index (χ1v) is 5.14. The van der Waals surface area contributed by atoms with E-state index in [1.807, 2.05) is 13.0 Å². The Kier molecular flexibility index (Phi) is 2.34. The largest absolute Gasteiger partial charge is 0.294 e. The summed E-state index contributed by atoms with van der Waals surface area (Å²) in [6, 6.07) is 3.48. The van der Waals surface area contributed by atoms with Crippen molar-refractivity contribution in [2.75, 3.05) is 0 Å². The average Bonchev–Trinajstić information content (AvgIpc) is 2.44. The summed E-state index contributed by atoms with van der Waals surface area (Å²) in [6.45, 7) is 6.15. The van der Waals surface area contributed by atoms with Gasteiger partial charge in [-0.15, -0.1) is 0 Å². The third-order valence-corrected chi connectivity index (χ3v) is 2.25. The number of rotatable bonds is 2. The summed E-state index contributed by atoms with van der Waals surface area (Å²) in [6.07, 6.45) is 0.843. The maximum atomic E-state index is 11.7. The zero-order valence-corrected chi connectivity index (χ0v) is 9.24. The second kappa shape index (κ2) is 3.53. The molecule has 0 saturated carbocycles. The SMILES string of the molecule is Cc1cc2nc(CC(C)C)cc(=O)n2[nH]1. The number of nitrogens with one attached hydrogen (secondary N) is 1. The van der Waals surface area contributed by atoms with Crippen molar-refractivity contribution in [1.82, 2.24) is 14.6 Å². The molecule has 2 rings (SSSR count). The molecule has 0 unspecified atom stereocenters. The number of hydrogen-bond acceptors (Lipinski definition) is 2. The predicted octanol–water partition coefficient (Wildman–Crippen LogP) is 1.53. The topological polar surface area (TPSA) is 50.2 Å². The van der Waals surface area contributed by atoms with Gasteiger partial charge in [0.2, 0.25) is 0 Å². The monoisotopic (exact) mass is 205 g/mol. The van der Waals surface area contributed by atoms with Crippen molar-refractivity contribution in [1.29, 1.82) is 0 Å². The molecule has 2 heterocycles. The Morgan fingerprint density at radius 1 is 1.47 bits per heavy atom. The van der Waals surface area contributed by atoms with Gasteiger partial charge in [-0.25, -0.2) is 9.50 Å². The van der Waals surface area contributed by atoms with Crippen LogP contribution >= 0.6 is 0 Å². The van der Waals surface area contributed by atoms with Gasteiger partial charge in [0.15, 0.2) is 5.65 Å². The lowest BCUT2D eigenvalue weighted by Crippen LogP contribution is -2.16. The first kappa shape index (κ1) is 9.96. The first-order chi connectivity index (χ1) is 7.06. The molecule has 0 aromatic carbocycles. The molecule has 15 heavy (non-hydrogen) atoms. The van der Waals surface area contributed by atoms with Crippen LogP contribution < -0.4 is 5.56 Å². The third kappa shape index (κ3) is 1.93. The fourth-order valence-corrected chi connectivity index (χ4v) is 1.68. The van der Waals surface area contributed by atoms with E-state index >= 15 is 0 Å². The van der Waals surface area contributed by atoms with Gasteiger partial charge >= 0.3 is 0 Å². The number of H-pyrrole nitrogens is 1. The lowest BCUT2D eigenvalue weighted by Gasteiger charge is -2.03. The van der Waals surface area contributed by atoms with Crippen LogP contribution in [-0.4, -0.2) is 14.6 Å². The van der Waals surface area contributed by atoms with E-state index in [0.29, 0.717) is 11.6 Å². The average molecular weight is 205 g/mol. The fourth-order valence-electron chi connectivity index (χ4n) is 1.68. The molecule has 0 fully saturated rings. The lowest BCUT2D eigenvalue weighted by atomic mass is 10.1. The number of fused-ring (bicyclic) bond motifs is 1. The van der Waals surface area contributed by atoms with Crippen LogP contribution in [0.2, 0.25) is 0 Å². The van der Waals surface area contributed by atoms with E-state index in [-0.39, 0.29) is 5.56 Å². The molecule has 80 valence electrons. The molecule has 1 N–H and O–H groups in total. The second-order valence-corrected chi connectivity index (χ2v) is 4.32. The summed E-state index contributed by atoms with van der Waals surface area (Å²) >= 11 is 0. The summed E-state index contributed by atoms with van der Waals surface area (Å²) in [4.78, 5) is 16.1. The van der Waals surface area contributed by atoms with Crippen molar-refractivity contribution in [2.45, 2.75) is 27.2 Å². The molecule has 0 atom stereocenters. The lowest BCUT2D eigenvalue weighted by molar-refractivity contribution is 0.633. The van der Waals surface area contributed by atoms with Crippen molar-refractivity contribution >= 4 is 5.65 Å². The summed E-state index contributed by atoms with van der Waals surface area (Å²) in [5.41, 5.74) is 2.48. The summed E-state index contributed by atoms with van der Waals surface area (Å²) in [5.74, 6) is 0.513. The van der Waals surface area contributed by atoms with E-state index in [1.54, 1.807) is 6.07 Å². The van der Waals surface area contributed by atoms with Crippen LogP contribution in [-0.2, 0) is 6.42 Å². The molecule has 0 amide bonds. The second-order valence-electron chi connectivity index (χ2n) is 4.32. The van der Waals surface area contributed by atoms with E-state index in [2.05, 4.69) is 23.9 Å². The summed E-state index contributed by atoms with van der Waals surface area (Å²) in [5, 5.41) is 2.95. The minimum atomic E-state index is -0.0382. The molecule has 0 spiro atoms. The van der Waals surface area contributed by atoms with Gasteiger partial charge < -0.3 is 0 Å². The Bertz CT molecular complexity index is 536. The molecule has 0 bridgehead atoms. The van der Waals surface area contributed by atoms with Gasteiger partial charge in [0.25, 0.3) is 5.56 Å². The predicted molar refractivity (Wildman–Crippen MR) is 59.1 cm³/mol. The van der Waals surface area contributed by atoms with Crippen LogP contribution in [0.25, 0.3) is 5.65 Å². The number of nitrogens with zero attached hydrogens (tertiary/aromatic N) is 2. The highest BCUT2D eigenvalue weighted by atomic mass is 16.1. The Hall–Kier alpha value is -1.58. The molecular weight excluding hydrogens is 190 g/mol. The van der Waals surface area contributed by atoms with Crippen LogP contribution in [0, 0.1) is 12.8 Å². The van der Waals surface area contributed by atoms with Gasteiger partial charge in [0.1, 0.15) is 0 Å². The Morgan fingerprint density at radius 3 is 2.87 bits per heavy atom. The molecule has 4 nitrogen and oxygen atoms in total. The van der Waals surface area contributed by atoms with E-state index in [0.717, 1.165) is 17.8 Å². The van der Waals surface area contributed by atoms with E-state index in [9.17, 15) is 4.79 Å². The van der Waals surface area contributed by atoms with Gasteiger partial charge in [-0.2, -0.15) is 0 Å². The smallest absolute Gasteiger partial charge is 0.272 e. The third-order valence-electron chi connectivity index (χ3n) is 2.25. The van der Waals surface area contributed by atoms with Crippen LogP contribution in [0.1, 0.15) is 25.2 Å². The molecule has 0 aliphatic rings. The fraction of sp³-hybridized carbons (Fsp3) is 0.455. The van der Waals surface area contributed by atoms with E-state index < -0.39 is 0 Å². The molecule has 0 aliphatic heterocycles. The molecule has 4 heteroatoms. The van der Waals surface area contributed by atoms with Crippen molar-refractivity contribution in [2.24, 2.45) is 5.92 Å². The minimum absolute atomic E-state index is 0.0382. The zero-order chi connectivity index (χ0) is 11.0. The minimum Gasteiger partial charge on any atom is -0.294 e. The number of aromatic nitrogens is 3. The highest BCUT2D eigenvalue weighted by molar-refractivity contribution is 5.39. The van der Waals surface area contributed by atoms with Crippen LogP contribution in [0.3, 0.4) is 0 Å². The standard InChI is InChI=1S/C11H15N3O/c1-7(2)4-9-6-11(15)14-10(12-9)5-8(3)13-14/h5-7,13H,4H2,1-3H3. The maximum absolute atomic E-state index is 11.7. The molecule has 0 radical (unpaired) electrons. The highest BCUT2D eigenvalue weighted by Crippen LogP contribution is 2.06. The van der Waals surface area contributed by atoms with E-state index in [1.165, 1.54) is 4.52 Å². The van der Waals surface area contributed by atoms with Crippen molar-refractivity contribution in [3.05, 3.63) is 33.9 Å². The number of aryl methyl sites for hydroxylation is 1. The first-order valence-electron chi connectivity index (χ1n) is 5.14. The van der Waals surface area contributed by atoms with Gasteiger partial charge in [0.05, 0.1) is 0 Å². The number of aromatic amines is 1. The van der Waals surface area contributed by atoms with Gasteiger partial charge in [-0.1, -0.05) is 13.8 Å². The van der Waals surface area contributed by atoms with Crippen molar-refractivity contribution < 1.29 is 0 Å².